The number of nitrogens with one attached hydrogen (secondary N) is 1. The molecule has 0 unspecified atom stereocenters. The normalized spacial score (nSPS) is 10.2. The minimum atomic E-state index is 0.144. The van der Waals surface area contributed by atoms with Crippen LogP contribution >= 0.6 is 0 Å². The molecule has 0 amide bonds. The third kappa shape index (κ3) is 3.54. The number of ether oxygens (including phenoxy) is 1. The van der Waals surface area contributed by atoms with Crippen molar-refractivity contribution in [2.45, 2.75) is 13.3 Å². The third-order valence-electron chi connectivity index (χ3n) is 2.75. The number of hydrogen-bond donors (Lipinski definition) is 2. The summed E-state index contributed by atoms with van der Waals surface area (Å²) < 4.78 is 4.94. The highest BCUT2D eigenvalue weighted by molar-refractivity contribution is 5.33. The van der Waals surface area contributed by atoms with Crippen LogP contribution in [0.3, 0.4) is 0 Å². The predicted molar refractivity (Wildman–Crippen MR) is 74.2 cm³/mol. The number of aromatic nitrogens is 3. The Balaban J connectivity index is 1.96. The van der Waals surface area contributed by atoms with Gasteiger partial charge in [-0.15, -0.1) is 0 Å². The predicted octanol–water partition coefficient (Wildman–Crippen LogP) is 1.43. The lowest BCUT2D eigenvalue weighted by molar-refractivity contribution is 0.379. The van der Waals surface area contributed by atoms with E-state index in [0.717, 1.165) is 13.0 Å². The molecule has 0 spiro atoms. The van der Waals surface area contributed by atoms with Gasteiger partial charge in [0, 0.05) is 6.54 Å². The smallest absolute Gasteiger partial charge is 0.322 e. The van der Waals surface area contributed by atoms with Crippen LogP contribution < -0.4 is 15.8 Å². The third-order valence-corrected chi connectivity index (χ3v) is 2.75. The number of methoxy groups -OCH3 is 1. The number of nitrogens with two attached hydrogens (primary N) is 1. The van der Waals surface area contributed by atoms with Crippen LogP contribution in [0.25, 0.3) is 0 Å². The van der Waals surface area contributed by atoms with Gasteiger partial charge in [-0.05, 0) is 24.5 Å². The zero-order valence-electron chi connectivity index (χ0n) is 11.1. The van der Waals surface area contributed by atoms with Crippen molar-refractivity contribution in [2.75, 3.05) is 24.7 Å². The lowest BCUT2D eigenvalue weighted by atomic mass is 10.1. The van der Waals surface area contributed by atoms with E-state index in [0.29, 0.717) is 5.95 Å². The van der Waals surface area contributed by atoms with Crippen LogP contribution in [0.5, 0.6) is 6.01 Å². The molecule has 1 aromatic heterocycles. The molecule has 1 aromatic carbocycles. The Labute approximate surface area is 112 Å². The summed E-state index contributed by atoms with van der Waals surface area (Å²) in [4.78, 5) is 11.9. The molecule has 0 saturated carbocycles. The Morgan fingerprint density at radius 3 is 2.74 bits per heavy atom. The van der Waals surface area contributed by atoms with E-state index in [4.69, 9.17) is 10.5 Å². The molecule has 19 heavy (non-hydrogen) atoms. The number of nitrogens with zero attached hydrogens (tertiary/aromatic N) is 3. The number of hydrogen-bond acceptors (Lipinski definition) is 6. The summed E-state index contributed by atoms with van der Waals surface area (Å²) in [6, 6.07) is 8.49. The van der Waals surface area contributed by atoms with Crippen LogP contribution in [0.4, 0.5) is 11.9 Å². The minimum Gasteiger partial charge on any atom is -0.467 e. The molecule has 0 fully saturated rings. The van der Waals surface area contributed by atoms with E-state index >= 15 is 0 Å². The van der Waals surface area contributed by atoms with Crippen LogP contribution in [-0.2, 0) is 6.42 Å². The first kappa shape index (κ1) is 13.1. The average Bonchev–Trinajstić information content (AvgIpc) is 2.40. The van der Waals surface area contributed by atoms with Crippen LogP contribution in [-0.4, -0.2) is 28.6 Å². The summed E-state index contributed by atoms with van der Waals surface area (Å²) in [6.45, 7) is 2.82. The first-order valence-corrected chi connectivity index (χ1v) is 6.03. The fraction of sp³-hybridized carbons (Fsp3) is 0.308. The van der Waals surface area contributed by atoms with E-state index in [-0.39, 0.29) is 12.0 Å². The highest BCUT2D eigenvalue weighted by Gasteiger charge is 2.04. The molecule has 2 rings (SSSR count). The molecule has 0 saturated heterocycles. The number of rotatable bonds is 5. The number of anilines is 2. The molecule has 0 bridgehead atoms. The maximum absolute atomic E-state index is 5.56. The quantitative estimate of drug-likeness (QED) is 0.844. The van der Waals surface area contributed by atoms with Crippen LogP contribution in [0.2, 0.25) is 0 Å². The van der Waals surface area contributed by atoms with Gasteiger partial charge in [-0.25, -0.2) is 0 Å². The van der Waals surface area contributed by atoms with Gasteiger partial charge in [-0.3, -0.25) is 0 Å². The summed E-state index contributed by atoms with van der Waals surface area (Å²) in [5.74, 6) is 0.572. The Bertz CT molecular complexity index is 558. The van der Waals surface area contributed by atoms with E-state index < -0.39 is 0 Å². The van der Waals surface area contributed by atoms with E-state index in [1.165, 1.54) is 18.2 Å². The fourth-order valence-corrected chi connectivity index (χ4v) is 1.74. The van der Waals surface area contributed by atoms with Gasteiger partial charge in [-0.2, -0.15) is 15.0 Å². The second-order valence-electron chi connectivity index (χ2n) is 4.11. The molecular weight excluding hydrogens is 242 g/mol. The Hall–Kier alpha value is -2.37. The van der Waals surface area contributed by atoms with Crippen LogP contribution in [0.1, 0.15) is 11.1 Å². The van der Waals surface area contributed by atoms with Crippen molar-refractivity contribution >= 4 is 11.9 Å². The molecule has 6 heteroatoms. The van der Waals surface area contributed by atoms with Gasteiger partial charge >= 0.3 is 6.01 Å². The van der Waals surface area contributed by atoms with Crippen molar-refractivity contribution in [3.05, 3.63) is 35.4 Å². The molecule has 100 valence electrons. The van der Waals surface area contributed by atoms with E-state index in [9.17, 15) is 0 Å². The van der Waals surface area contributed by atoms with Crippen LogP contribution in [0.15, 0.2) is 24.3 Å². The van der Waals surface area contributed by atoms with Gasteiger partial charge in [0.2, 0.25) is 11.9 Å². The SMILES string of the molecule is COc1nc(N)nc(NCCc2ccccc2C)n1. The van der Waals surface area contributed by atoms with Crippen molar-refractivity contribution in [2.24, 2.45) is 0 Å². The summed E-state index contributed by atoms with van der Waals surface area (Å²) >= 11 is 0. The molecule has 0 aliphatic carbocycles. The van der Waals surface area contributed by atoms with Crippen molar-refractivity contribution < 1.29 is 4.74 Å². The first-order chi connectivity index (χ1) is 9.19. The zero-order chi connectivity index (χ0) is 13.7. The first-order valence-electron chi connectivity index (χ1n) is 6.03. The molecule has 6 nitrogen and oxygen atoms in total. The maximum Gasteiger partial charge on any atom is 0.322 e. The van der Waals surface area contributed by atoms with Gasteiger partial charge in [0.1, 0.15) is 0 Å². The fourth-order valence-electron chi connectivity index (χ4n) is 1.74. The zero-order valence-corrected chi connectivity index (χ0v) is 11.1. The van der Waals surface area contributed by atoms with Crippen molar-refractivity contribution in [1.82, 2.24) is 15.0 Å². The second-order valence-corrected chi connectivity index (χ2v) is 4.11. The highest BCUT2D eigenvalue weighted by Crippen LogP contribution is 2.10. The molecule has 0 aliphatic heterocycles. The van der Waals surface area contributed by atoms with Gasteiger partial charge in [-0.1, -0.05) is 24.3 Å². The molecular formula is C13H17N5O. The summed E-state index contributed by atoms with van der Waals surface area (Å²) in [6.07, 6.45) is 0.889. The largest absolute Gasteiger partial charge is 0.467 e. The van der Waals surface area contributed by atoms with Gasteiger partial charge in [0.05, 0.1) is 7.11 Å². The highest BCUT2D eigenvalue weighted by atomic mass is 16.5. The van der Waals surface area contributed by atoms with E-state index in [1.807, 2.05) is 12.1 Å². The minimum absolute atomic E-state index is 0.144. The average molecular weight is 259 g/mol. The van der Waals surface area contributed by atoms with Crippen molar-refractivity contribution in [3.63, 3.8) is 0 Å². The molecule has 3 N–H and O–H groups in total. The Morgan fingerprint density at radius 1 is 1.21 bits per heavy atom. The van der Waals surface area contributed by atoms with Gasteiger partial charge < -0.3 is 15.8 Å². The topological polar surface area (TPSA) is 86.0 Å². The van der Waals surface area contributed by atoms with E-state index in [1.54, 1.807) is 0 Å². The lowest BCUT2D eigenvalue weighted by Gasteiger charge is -2.08. The van der Waals surface area contributed by atoms with Gasteiger partial charge in [0.25, 0.3) is 0 Å². The number of aryl methyl sites for hydroxylation is 1. The van der Waals surface area contributed by atoms with Gasteiger partial charge in [0.15, 0.2) is 0 Å². The molecule has 0 radical (unpaired) electrons. The summed E-state index contributed by atoms with van der Waals surface area (Å²) in [7, 11) is 1.49. The Morgan fingerprint density at radius 2 is 2.00 bits per heavy atom. The van der Waals surface area contributed by atoms with Crippen LogP contribution in [0, 0.1) is 6.92 Å². The maximum atomic E-state index is 5.56. The lowest BCUT2D eigenvalue weighted by Crippen LogP contribution is -2.11. The number of benzene rings is 1. The summed E-state index contributed by atoms with van der Waals surface area (Å²) in [5, 5.41) is 3.11. The van der Waals surface area contributed by atoms with Crippen molar-refractivity contribution in [3.8, 4) is 6.01 Å². The number of nitrogen functional groups attached to an aromatic ring is 1. The standard InChI is InChI=1S/C13H17N5O/c1-9-5-3-4-6-10(9)7-8-15-12-16-11(14)17-13(18-12)19-2/h3-6H,7-8H2,1-2H3,(H3,14,15,16,17,18). The second kappa shape index (κ2) is 5.99. The summed E-state index contributed by atoms with van der Waals surface area (Å²) in [5.41, 5.74) is 8.13. The molecule has 0 aliphatic rings. The monoisotopic (exact) mass is 259 g/mol. The van der Waals surface area contributed by atoms with Crippen molar-refractivity contribution in [1.29, 1.82) is 0 Å². The Kier molecular flexibility index (Phi) is 4.12. The molecule has 2 aromatic rings. The molecule has 1 heterocycles. The molecule has 0 atom stereocenters. The van der Waals surface area contributed by atoms with E-state index in [2.05, 4.69) is 39.3 Å².